The summed E-state index contributed by atoms with van der Waals surface area (Å²) in [4.78, 5) is 19.8. The summed E-state index contributed by atoms with van der Waals surface area (Å²) in [6.45, 7) is 11.8. The molecule has 0 spiro atoms. The van der Waals surface area contributed by atoms with Gasteiger partial charge in [0.15, 0.2) is 6.54 Å². The van der Waals surface area contributed by atoms with Gasteiger partial charge in [0.1, 0.15) is 37.7 Å². The van der Waals surface area contributed by atoms with Crippen LogP contribution in [0.2, 0.25) is 5.02 Å². The molecule has 5 nitrogen and oxygen atoms in total. The van der Waals surface area contributed by atoms with Crippen molar-refractivity contribution in [2.45, 2.75) is 32.9 Å². The molecule has 2 aromatic rings. The fourth-order valence-corrected chi connectivity index (χ4v) is 4.36. The molecule has 1 saturated heterocycles. The molecule has 1 amide bonds. The van der Waals surface area contributed by atoms with Crippen LogP contribution in [-0.2, 0) is 11.3 Å². The van der Waals surface area contributed by atoms with Gasteiger partial charge in [0.2, 0.25) is 0 Å². The van der Waals surface area contributed by atoms with Gasteiger partial charge in [-0.3, -0.25) is 4.79 Å². The minimum Gasteiger partial charge on any atom is -0.347 e. The number of rotatable bonds is 5. The van der Waals surface area contributed by atoms with Gasteiger partial charge in [-0.05, 0) is 32.9 Å². The number of piperazine rings is 1. The summed E-state index contributed by atoms with van der Waals surface area (Å²) >= 11 is 7.68. The molecule has 146 valence electrons. The Morgan fingerprint density at radius 3 is 2.41 bits per heavy atom. The zero-order valence-corrected chi connectivity index (χ0v) is 17.8. The molecule has 7 heteroatoms. The molecule has 0 bridgehead atoms. The van der Waals surface area contributed by atoms with Gasteiger partial charge in [0.05, 0.1) is 5.69 Å². The SMILES string of the molecule is CC(C)(C)NC(=O)C[NH+]1CC[NH+](Cc2nc(-c3ccc(Cl)cc3)cs2)CC1. The highest BCUT2D eigenvalue weighted by atomic mass is 35.5. The number of hydrogen-bond acceptors (Lipinski definition) is 3. The van der Waals surface area contributed by atoms with E-state index in [1.165, 1.54) is 9.91 Å². The average molecular weight is 409 g/mol. The van der Waals surface area contributed by atoms with E-state index in [1.54, 1.807) is 16.2 Å². The molecule has 0 aliphatic carbocycles. The van der Waals surface area contributed by atoms with Gasteiger partial charge in [-0.2, -0.15) is 0 Å². The quantitative estimate of drug-likeness (QED) is 0.680. The summed E-state index contributed by atoms with van der Waals surface area (Å²) in [5, 5.41) is 7.09. The highest BCUT2D eigenvalue weighted by molar-refractivity contribution is 7.09. The smallest absolute Gasteiger partial charge is 0.275 e. The number of carbonyl (C=O) groups excluding carboxylic acids is 1. The van der Waals surface area contributed by atoms with E-state index in [9.17, 15) is 4.79 Å². The van der Waals surface area contributed by atoms with E-state index in [0.717, 1.165) is 49.0 Å². The monoisotopic (exact) mass is 408 g/mol. The van der Waals surface area contributed by atoms with Crippen molar-refractivity contribution in [3.05, 3.63) is 39.7 Å². The minimum atomic E-state index is -0.157. The van der Waals surface area contributed by atoms with Gasteiger partial charge < -0.3 is 15.1 Å². The Hall–Kier alpha value is -1.47. The van der Waals surface area contributed by atoms with Crippen LogP contribution in [0.3, 0.4) is 0 Å². The van der Waals surface area contributed by atoms with Crippen LogP contribution in [0.25, 0.3) is 11.3 Å². The van der Waals surface area contributed by atoms with E-state index in [-0.39, 0.29) is 11.4 Å². The second kappa shape index (κ2) is 8.69. The molecule has 2 heterocycles. The van der Waals surface area contributed by atoms with Gasteiger partial charge in [0, 0.05) is 21.5 Å². The summed E-state index contributed by atoms with van der Waals surface area (Å²) < 4.78 is 0. The number of aromatic nitrogens is 1. The molecular formula is C20H29ClN4OS+2. The van der Waals surface area contributed by atoms with Gasteiger partial charge in [-0.1, -0.05) is 23.7 Å². The largest absolute Gasteiger partial charge is 0.347 e. The maximum atomic E-state index is 12.1. The zero-order valence-electron chi connectivity index (χ0n) is 16.3. The number of benzene rings is 1. The molecule has 0 saturated carbocycles. The van der Waals surface area contributed by atoms with E-state index in [1.807, 2.05) is 45.0 Å². The van der Waals surface area contributed by atoms with Crippen molar-refractivity contribution < 1.29 is 14.6 Å². The van der Waals surface area contributed by atoms with Crippen molar-refractivity contribution in [3.8, 4) is 11.3 Å². The number of halogens is 1. The van der Waals surface area contributed by atoms with Gasteiger partial charge in [-0.15, -0.1) is 11.3 Å². The van der Waals surface area contributed by atoms with E-state index in [2.05, 4.69) is 10.7 Å². The predicted molar refractivity (Wildman–Crippen MR) is 110 cm³/mol. The van der Waals surface area contributed by atoms with Crippen LogP contribution >= 0.6 is 22.9 Å². The van der Waals surface area contributed by atoms with Crippen LogP contribution in [-0.4, -0.2) is 49.2 Å². The molecule has 1 fully saturated rings. The number of thiazole rings is 1. The van der Waals surface area contributed by atoms with E-state index < -0.39 is 0 Å². The predicted octanol–water partition coefficient (Wildman–Crippen LogP) is 0.662. The third-order valence-corrected chi connectivity index (χ3v) is 5.78. The summed E-state index contributed by atoms with van der Waals surface area (Å²) in [7, 11) is 0. The first-order valence-electron chi connectivity index (χ1n) is 9.47. The maximum Gasteiger partial charge on any atom is 0.275 e. The molecule has 0 radical (unpaired) electrons. The van der Waals surface area contributed by atoms with Crippen LogP contribution in [0.5, 0.6) is 0 Å². The fourth-order valence-electron chi connectivity index (χ4n) is 3.36. The lowest BCUT2D eigenvalue weighted by Gasteiger charge is -2.29. The molecule has 27 heavy (non-hydrogen) atoms. The van der Waals surface area contributed by atoms with Gasteiger partial charge in [0.25, 0.3) is 5.91 Å². The lowest BCUT2D eigenvalue weighted by atomic mass is 10.1. The summed E-state index contributed by atoms with van der Waals surface area (Å²) in [5.41, 5.74) is 1.97. The standard InChI is InChI=1S/C20H27ClN4OS/c1-20(2,3)23-18(26)12-24-8-10-25(11-9-24)13-19-22-17(14-27-19)15-4-6-16(21)7-5-15/h4-7,14H,8-13H2,1-3H3,(H,23,26)/p+2. The van der Waals surface area contributed by atoms with Gasteiger partial charge >= 0.3 is 0 Å². The number of carbonyl (C=O) groups is 1. The lowest BCUT2D eigenvalue weighted by Crippen LogP contribution is -3.28. The van der Waals surface area contributed by atoms with Crippen LogP contribution < -0.4 is 15.1 Å². The lowest BCUT2D eigenvalue weighted by molar-refractivity contribution is -1.02. The number of quaternary nitrogens is 2. The Morgan fingerprint density at radius 1 is 1.15 bits per heavy atom. The molecule has 1 aromatic carbocycles. The summed E-state index contributed by atoms with van der Waals surface area (Å²) in [6, 6.07) is 7.83. The Kier molecular flexibility index (Phi) is 6.52. The Balaban J connectivity index is 1.47. The first-order valence-corrected chi connectivity index (χ1v) is 10.7. The Bertz CT molecular complexity index is 761. The summed E-state index contributed by atoms with van der Waals surface area (Å²) in [6.07, 6.45) is 0. The van der Waals surface area contributed by atoms with Crippen molar-refractivity contribution in [2.24, 2.45) is 0 Å². The Labute approximate surface area is 170 Å². The average Bonchev–Trinajstić information content (AvgIpc) is 3.04. The van der Waals surface area contributed by atoms with E-state index in [4.69, 9.17) is 16.6 Å². The van der Waals surface area contributed by atoms with Crippen LogP contribution in [0.15, 0.2) is 29.6 Å². The summed E-state index contributed by atoms with van der Waals surface area (Å²) in [5.74, 6) is 0.147. The van der Waals surface area contributed by atoms with Gasteiger partial charge in [-0.25, -0.2) is 4.98 Å². The minimum absolute atomic E-state index is 0.147. The second-order valence-corrected chi connectivity index (χ2v) is 9.66. The molecule has 3 N–H and O–H groups in total. The van der Waals surface area contributed by atoms with Crippen molar-refractivity contribution in [1.82, 2.24) is 10.3 Å². The molecule has 1 aliphatic rings. The van der Waals surface area contributed by atoms with Crippen LogP contribution in [0.1, 0.15) is 25.8 Å². The van der Waals surface area contributed by atoms with Crippen LogP contribution in [0, 0.1) is 0 Å². The van der Waals surface area contributed by atoms with Crippen molar-refractivity contribution in [3.63, 3.8) is 0 Å². The number of amides is 1. The second-order valence-electron chi connectivity index (χ2n) is 8.29. The van der Waals surface area contributed by atoms with E-state index >= 15 is 0 Å². The highest BCUT2D eigenvalue weighted by Gasteiger charge is 2.26. The van der Waals surface area contributed by atoms with E-state index in [0.29, 0.717) is 6.54 Å². The van der Waals surface area contributed by atoms with Crippen molar-refractivity contribution in [1.29, 1.82) is 0 Å². The van der Waals surface area contributed by atoms with Crippen LogP contribution in [0.4, 0.5) is 0 Å². The molecule has 0 atom stereocenters. The number of nitrogens with zero attached hydrogens (tertiary/aromatic N) is 1. The fraction of sp³-hybridized carbons (Fsp3) is 0.500. The maximum absolute atomic E-state index is 12.1. The molecule has 1 aliphatic heterocycles. The molecule has 0 unspecified atom stereocenters. The third-order valence-electron chi connectivity index (χ3n) is 4.68. The number of nitrogens with one attached hydrogen (secondary N) is 3. The highest BCUT2D eigenvalue weighted by Crippen LogP contribution is 2.23. The van der Waals surface area contributed by atoms with Crippen molar-refractivity contribution >= 4 is 28.8 Å². The Morgan fingerprint density at radius 2 is 1.78 bits per heavy atom. The normalized spacial score (nSPS) is 20.4. The molecule has 1 aromatic heterocycles. The first-order chi connectivity index (χ1) is 12.8. The first kappa shape index (κ1) is 20.3. The van der Waals surface area contributed by atoms with Crippen molar-refractivity contribution in [2.75, 3.05) is 32.7 Å². The third kappa shape index (κ3) is 6.28. The topological polar surface area (TPSA) is 50.9 Å². The zero-order chi connectivity index (χ0) is 19.4. The molecular weight excluding hydrogens is 380 g/mol. The molecule has 3 rings (SSSR count). The number of hydrogen-bond donors (Lipinski definition) is 3.